The normalized spacial score (nSPS) is 12.7. The summed E-state index contributed by atoms with van der Waals surface area (Å²) in [5.41, 5.74) is 1.10. The predicted octanol–water partition coefficient (Wildman–Crippen LogP) is 2.47. The molecule has 0 aliphatic heterocycles. The Morgan fingerprint density at radius 1 is 1.33 bits per heavy atom. The first-order valence-corrected chi connectivity index (χ1v) is 6.68. The Labute approximate surface area is 110 Å². The van der Waals surface area contributed by atoms with Gasteiger partial charge in [-0.05, 0) is 38.6 Å². The molecule has 3 heteroatoms. The van der Waals surface area contributed by atoms with Gasteiger partial charge in [0.2, 0.25) is 0 Å². The molecule has 1 aromatic carbocycles. The summed E-state index contributed by atoms with van der Waals surface area (Å²) >= 11 is 0. The molecule has 102 valence electrons. The number of benzene rings is 1. The summed E-state index contributed by atoms with van der Waals surface area (Å²) in [6, 6.07) is 7.87. The van der Waals surface area contributed by atoms with E-state index in [4.69, 9.17) is 4.74 Å². The summed E-state index contributed by atoms with van der Waals surface area (Å²) in [6.45, 7) is 6.21. The molecular weight excluding hydrogens is 226 g/mol. The van der Waals surface area contributed by atoms with Gasteiger partial charge in [-0.3, -0.25) is 0 Å². The molecule has 0 spiro atoms. The number of ether oxygens (including phenoxy) is 1. The summed E-state index contributed by atoms with van der Waals surface area (Å²) in [5, 5.41) is 9.90. The summed E-state index contributed by atoms with van der Waals surface area (Å²) in [4.78, 5) is 2.15. The number of para-hydroxylation sites is 1. The maximum atomic E-state index is 9.90. The first-order chi connectivity index (χ1) is 8.63. The van der Waals surface area contributed by atoms with Crippen LogP contribution in [-0.4, -0.2) is 42.9 Å². The second-order valence-corrected chi connectivity index (χ2v) is 4.85. The van der Waals surface area contributed by atoms with Crippen molar-refractivity contribution in [2.45, 2.75) is 32.8 Å². The van der Waals surface area contributed by atoms with E-state index in [2.05, 4.69) is 11.8 Å². The molecule has 0 aliphatic carbocycles. The van der Waals surface area contributed by atoms with Crippen LogP contribution in [0.15, 0.2) is 24.3 Å². The molecule has 1 N–H and O–H groups in total. The quantitative estimate of drug-likeness (QED) is 0.770. The molecule has 1 atom stereocenters. The van der Waals surface area contributed by atoms with Gasteiger partial charge in [0.25, 0.3) is 0 Å². The average molecular weight is 251 g/mol. The molecular formula is C15H25NO2. The molecule has 0 aromatic heterocycles. The number of likely N-dealkylation sites (N-methyl/N-ethyl adjacent to an activating group) is 1. The van der Waals surface area contributed by atoms with Crippen LogP contribution < -0.4 is 4.74 Å². The first-order valence-electron chi connectivity index (χ1n) is 6.68. The van der Waals surface area contributed by atoms with Crippen molar-refractivity contribution < 1.29 is 9.84 Å². The van der Waals surface area contributed by atoms with Gasteiger partial charge in [-0.1, -0.05) is 31.5 Å². The van der Waals surface area contributed by atoms with Crippen LogP contribution in [0.25, 0.3) is 0 Å². The standard InChI is InChI=1S/C15H25NO2/c1-4-5-10-16(3)11-14(17)12-18-15-9-7-6-8-13(15)2/h6-9,14,17H,4-5,10-12H2,1-3H3. The Morgan fingerprint density at radius 3 is 2.72 bits per heavy atom. The Bertz CT molecular complexity index is 341. The van der Waals surface area contributed by atoms with Gasteiger partial charge in [0, 0.05) is 6.54 Å². The number of unbranched alkanes of at least 4 members (excludes halogenated alkanes) is 1. The van der Waals surface area contributed by atoms with Crippen molar-refractivity contribution in [1.82, 2.24) is 4.90 Å². The van der Waals surface area contributed by atoms with Crippen LogP contribution >= 0.6 is 0 Å². The molecule has 1 rings (SSSR count). The highest BCUT2D eigenvalue weighted by molar-refractivity contribution is 5.31. The van der Waals surface area contributed by atoms with E-state index in [1.165, 1.54) is 12.8 Å². The Kier molecular flexibility index (Phi) is 6.76. The number of aliphatic hydroxyl groups is 1. The van der Waals surface area contributed by atoms with Gasteiger partial charge in [-0.25, -0.2) is 0 Å². The lowest BCUT2D eigenvalue weighted by Gasteiger charge is -2.20. The fraction of sp³-hybridized carbons (Fsp3) is 0.600. The topological polar surface area (TPSA) is 32.7 Å². The van der Waals surface area contributed by atoms with Crippen LogP contribution in [0.4, 0.5) is 0 Å². The van der Waals surface area contributed by atoms with Crippen molar-refractivity contribution in [1.29, 1.82) is 0 Å². The van der Waals surface area contributed by atoms with Gasteiger partial charge in [0.05, 0.1) is 0 Å². The molecule has 0 amide bonds. The number of aryl methyl sites for hydroxylation is 1. The van der Waals surface area contributed by atoms with Crippen LogP contribution in [0.2, 0.25) is 0 Å². The van der Waals surface area contributed by atoms with E-state index in [9.17, 15) is 5.11 Å². The second-order valence-electron chi connectivity index (χ2n) is 4.85. The molecule has 1 unspecified atom stereocenters. The lowest BCUT2D eigenvalue weighted by Crippen LogP contribution is -2.33. The van der Waals surface area contributed by atoms with Crippen LogP contribution in [0.1, 0.15) is 25.3 Å². The van der Waals surface area contributed by atoms with Gasteiger partial charge < -0.3 is 14.7 Å². The summed E-state index contributed by atoms with van der Waals surface area (Å²) in [5.74, 6) is 0.854. The molecule has 0 aliphatic rings. The van der Waals surface area contributed by atoms with E-state index < -0.39 is 6.10 Å². The maximum Gasteiger partial charge on any atom is 0.122 e. The van der Waals surface area contributed by atoms with Gasteiger partial charge >= 0.3 is 0 Å². The van der Waals surface area contributed by atoms with E-state index in [0.29, 0.717) is 13.2 Å². The highest BCUT2D eigenvalue weighted by atomic mass is 16.5. The zero-order chi connectivity index (χ0) is 13.4. The van der Waals surface area contributed by atoms with Crippen LogP contribution in [0, 0.1) is 6.92 Å². The molecule has 0 saturated heterocycles. The SMILES string of the molecule is CCCCN(C)CC(O)COc1ccccc1C. The summed E-state index contributed by atoms with van der Waals surface area (Å²) in [7, 11) is 2.03. The van der Waals surface area contributed by atoms with Gasteiger partial charge in [0.1, 0.15) is 18.5 Å². The largest absolute Gasteiger partial charge is 0.491 e. The molecule has 0 heterocycles. The fourth-order valence-electron chi connectivity index (χ4n) is 1.84. The third-order valence-corrected chi connectivity index (χ3v) is 2.94. The Morgan fingerprint density at radius 2 is 2.06 bits per heavy atom. The van der Waals surface area contributed by atoms with Crippen LogP contribution in [0.3, 0.4) is 0 Å². The highest BCUT2D eigenvalue weighted by Crippen LogP contribution is 2.16. The first kappa shape index (κ1) is 15.0. The van der Waals surface area contributed by atoms with Gasteiger partial charge in [0.15, 0.2) is 0 Å². The summed E-state index contributed by atoms with van der Waals surface area (Å²) < 4.78 is 5.63. The van der Waals surface area contributed by atoms with Crippen molar-refractivity contribution in [3.05, 3.63) is 29.8 Å². The smallest absolute Gasteiger partial charge is 0.122 e. The van der Waals surface area contributed by atoms with Crippen LogP contribution in [-0.2, 0) is 0 Å². The molecule has 0 bridgehead atoms. The number of hydrogen-bond acceptors (Lipinski definition) is 3. The molecule has 0 fully saturated rings. The average Bonchev–Trinajstić information content (AvgIpc) is 2.35. The minimum absolute atomic E-state index is 0.349. The van der Waals surface area contributed by atoms with Crippen molar-refractivity contribution in [3.8, 4) is 5.75 Å². The van der Waals surface area contributed by atoms with Crippen molar-refractivity contribution >= 4 is 0 Å². The highest BCUT2D eigenvalue weighted by Gasteiger charge is 2.09. The van der Waals surface area contributed by atoms with Crippen molar-refractivity contribution in [2.24, 2.45) is 0 Å². The van der Waals surface area contributed by atoms with E-state index in [-0.39, 0.29) is 0 Å². The zero-order valence-electron chi connectivity index (χ0n) is 11.7. The lowest BCUT2D eigenvalue weighted by molar-refractivity contribution is 0.0757. The molecule has 3 nitrogen and oxygen atoms in total. The minimum Gasteiger partial charge on any atom is -0.491 e. The Hall–Kier alpha value is -1.06. The number of rotatable bonds is 8. The van der Waals surface area contributed by atoms with E-state index in [1.54, 1.807) is 0 Å². The predicted molar refractivity (Wildman–Crippen MR) is 75.1 cm³/mol. The van der Waals surface area contributed by atoms with Crippen LogP contribution in [0.5, 0.6) is 5.75 Å². The van der Waals surface area contributed by atoms with Gasteiger partial charge in [-0.2, -0.15) is 0 Å². The fourth-order valence-corrected chi connectivity index (χ4v) is 1.84. The maximum absolute atomic E-state index is 9.90. The zero-order valence-corrected chi connectivity index (χ0v) is 11.7. The van der Waals surface area contributed by atoms with Crippen molar-refractivity contribution in [3.63, 3.8) is 0 Å². The molecule has 18 heavy (non-hydrogen) atoms. The molecule has 0 saturated carbocycles. The second kappa shape index (κ2) is 8.11. The summed E-state index contributed by atoms with van der Waals surface area (Å²) in [6.07, 6.45) is 1.91. The molecule has 0 radical (unpaired) electrons. The molecule has 1 aromatic rings. The van der Waals surface area contributed by atoms with E-state index in [0.717, 1.165) is 17.9 Å². The Balaban J connectivity index is 2.28. The van der Waals surface area contributed by atoms with Crippen molar-refractivity contribution in [2.75, 3.05) is 26.7 Å². The van der Waals surface area contributed by atoms with Gasteiger partial charge in [-0.15, -0.1) is 0 Å². The number of hydrogen-bond donors (Lipinski definition) is 1. The van der Waals surface area contributed by atoms with E-state index >= 15 is 0 Å². The monoisotopic (exact) mass is 251 g/mol. The minimum atomic E-state index is -0.438. The van der Waals surface area contributed by atoms with E-state index in [1.807, 2.05) is 38.2 Å². The number of aliphatic hydroxyl groups excluding tert-OH is 1. The third-order valence-electron chi connectivity index (χ3n) is 2.94. The third kappa shape index (κ3) is 5.52. The lowest BCUT2D eigenvalue weighted by atomic mass is 10.2. The number of nitrogens with zero attached hydrogens (tertiary/aromatic N) is 1.